The normalized spacial score (nSPS) is 14.0. The van der Waals surface area contributed by atoms with E-state index >= 15 is 0 Å². The highest BCUT2D eigenvalue weighted by Crippen LogP contribution is 2.32. The fraction of sp³-hybridized carbons (Fsp3) is 0.320. The number of morpholine rings is 1. The van der Waals surface area contributed by atoms with E-state index in [4.69, 9.17) is 18.9 Å². The molecule has 0 unspecified atom stereocenters. The first kappa shape index (κ1) is 23.5. The van der Waals surface area contributed by atoms with Gasteiger partial charge in [0.05, 0.1) is 40.2 Å². The number of aromatic nitrogens is 2. The van der Waals surface area contributed by atoms with Crippen molar-refractivity contribution in [3.63, 3.8) is 0 Å². The number of carbonyl (C=O) groups excluding carboxylic acids is 2. The zero-order valence-corrected chi connectivity index (χ0v) is 19.4. The van der Waals surface area contributed by atoms with Gasteiger partial charge in [-0.1, -0.05) is 18.2 Å². The second-order valence-electron chi connectivity index (χ2n) is 7.72. The zero-order valence-electron chi connectivity index (χ0n) is 19.4. The molecule has 1 saturated heterocycles. The van der Waals surface area contributed by atoms with Gasteiger partial charge in [-0.3, -0.25) is 4.90 Å². The Labute approximate surface area is 197 Å². The summed E-state index contributed by atoms with van der Waals surface area (Å²) in [7, 11) is 4.15. The van der Waals surface area contributed by atoms with Crippen molar-refractivity contribution >= 4 is 11.9 Å². The third kappa shape index (κ3) is 4.66. The van der Waals surface area contributed by atoms with Crippen molar-refractivity contribution in [2.24, 2.45) is 0 Å². The number of hydrogen-bond acceptors (Lipinski definition) is 8. The van der Waals surface area contributed by atoms with E-state index in [1.165, 1.54) is 18.9 Å². The van der Waals surface area contributed by atoms with E-state index in [1.807, 2.05) is 36.4 Å². The van der Waals surface area contributed by atoms with E-state index in [-0.39, 0.29) is 11.3 Å². The molecule has 0 amide bonds. The first-order valence-corrected chi connectivity index (χ1v) is 10.9. The van der Waals surface area contributed by atoms with Gasteiger partial charge in [0.2, 0.25) is 0 Å². The van der Waals surface area contributed by atoms with Gasteiger partial charge < -0.3 is 18.9 Å². The maximum Gasteiger partial charge on any atom is 0.357 e. The Morgan fingerprint density at radius 2 is 1.68 bits per heavy atom. The quantitative estimate of drug-likeness (QED) is 0.492. The summed E-state index contributed by atoms with van der Waals surface area (Å²) in [6.45, 7) is 3.64. The Bertz CT molecular complexity index is 1170. The van der Waals surface area contributed by atoms with E-state index < -0.39 is 11.9 Å². The largest absolute Gasteiger partial charge is 0.496 e. The summed E-state index contributed by atoms with van der Waals surface area (Å²) in [6.07, 6.45) is 0. The third-order valence-corrected chi connectivity index (χ3v) is 5.71. The number of methoxy groups -OCH3 is 3. The van der Waals surface area contributed by atoms with E-state index in [9.17, 15) is 9.59 Å². The van der Waals surface area contributed by atoms with Gasteiger partial charge >= 0.3 is 11.9 Å². The number of rotatable bonds is 7. The van der Waals surface area contributed by atoms with Crippen molar-refractivity contribution in [2.75, 3.05) is 47.6 Å². The van der Waals surface area contributed by atoms with Crippen molar-refractivity contribution in [1.82, 2.24) is 14.7 Å². The highest BCUT2D eigenvalue weighted by atomic mass is 16.5. The second kappa shape index (κ2) is 10.5. The molecule has 1 aliphatic heterocycles. The van der Waals surface area contributed by atoms with Crippen LogP contribution in [0.2, 0.25) is 0 Å². The van der Waals surface area contributed by atoms with E-state index in [2.05, 4.69) is 10.00 Å². The molecule has 178 valence electrons. The molecular formula is C25H27N3O6. The van der Waals surface area contributed by atoms with Crippen molar-refractivity contribution in [1.29, 1.82) is 0 Å². The van der Waals surface area contributed by atoms with Gasteiger partial charge in [0.1, 0.15) is 17.0 Å². The fourth-order valence-corrected chi connectivity index (χ4v) is 4.01. The van der Waals surface area contributed by atoms with E-state index in [0.717, 1.165) is 24.4 Å². The average Bonchev–Trinajstić information content (AvgIpc) is 3.29. The van der Waals surface area contributed by atoms with Gasteiger partial charge in [-0.15, -0.1) is 0 Å². The molecule has 0 bridgehead atoms. The monoisotopic (exact) mass is 465 g/mol. The number of nitrogens with zero attached hydrogens (tertiary/aromatic N) is 3. The smallest absolute Gasteiger partial charge is 0.357 e. The molecule has 2 aromatic carbocycles. The second-order valence-corrected chi connectivity index (χ2v) is 7.72. The van der Waals surface area contributed by atoms with Crippen LogP contribution in [0.1, 0.15) is 26.4 Å². The van der Waals surface area contributed by atoms with Crippen molar-refractivity contribution in [2.45, 2.75) is 6.54 Å². The van der Waals surface area contributed by atoms with Gasteiger partial charge in [-0.25, -0.2) is 14.3 Å². The standard InChI is InChI=1S/C25H27N3O6/c1-31-20-10-9-17(15-18(20)16-27-11-13-34-14-12-27)22-21(24(29)32-2)23(25(30)33-3)28(26-22)19-7-5-4-6-8-19/h4-10,15H,11-14,16H2,1-3H3. The summed E-state index contributed by atoms with van der Waals surface area (Å²) in [5, 5.41) is 4.67. The van der Waals surface area contributed by atoms with Crippen molar-refractivity contribution < 1.29 is 28.5 Å². The maximum absolute atomic E-state index is 12.9. The van der Waals surface area contributed by atoms with Crippen molar-refractivity contribution in [3.8, 4) is 22.7 Å². The van der Waals surface area contributed by atoms with Crippen LogP contribution in [0.15, 0.2) is 48.5 Å². The number of carbonyl (C=O) groups is 2. The molecule has 9 nitrogen and oxygen atoms in total. The third-order valence-electron chi connectivity index (χ3n) is 5.71. The van der Waals surface area contributed by atoms with Gasteiger partial charge in [-0.05, 0) is 30.3 Å². The van der Waals surface area contributed by atoms with Gasteiger partial charge in [0.25, 0.3) is 0 Å². The Hall–Kier alpha value is -3.69. The summed E-state index contributed by atoms with van der Waals surface area (Å²) in [6, 6.07) is 14.7. The molecule has 4 rings (SSSR count). The fourth-order valence-electron chi connectivity index (χ4n) is 4.01. The van der Waals surface area contributed by atoms with E-state index in [0.29, 0.717) is 36.7 Å². The van der Waals surface area contributed by atoms with Crippen LogP contribution in [-0.4, -0.2) is 74.3 Å². The number of benzene rings is 2. The summed E-state index contributed by atoms with van der Waals surface area (Å²) >= 11 is 0. The van der Waals surface area contributed by atoms with Crippen LogP contribution in [-0.2, 0) is 20.8 Å². The molecule has 1 aliphatic rings. The van der Waals surface area contributed by atoms with Crippen LogP contribution in [0, 0.1) is 0 Å². The molecule has 1 fully saturated rings. The molecule has 0 radical (unpaired) electrons. The van der Waals surface area contributed by atoms with Gasteiger partial charge in [-0.2, -0.15) is 5.10 Å². The lowest BCUT2D eigenvalue weighted by Gasteiger charge is -2.27. The molecule has 3 aromatic rings. The first-order chi connectivity index (χ1) is 16.6. The van der Waals surface area contributed by atoms with Crippen LogP contribution in [0.25, 0.3) is 16.9 Å². The Kier molecular flexibility index (Phi) is 7.24. The maximum atomic E-state index is 12.9. The summed E-state index contributed by atoms with van der Waals surface area (Å²) in [5.41, 5.74) is 2.57. The SMILES string of the molecule is COC(=O)c1c(-c2ccc(OC)c(CN3CCOCC3)c2)nn(-c2ccccc2)c1C(=O)OC. The lowest BCUT2D eigenvalue weighted by atomic mass is 10.0. The molecule has 0 aliphatic carbocycles. The predicted molar refractivity (Wildman–Crippen MR) is 124 cm³/mol. The molecule has 1 aromatic heterocycles. The summed E-state index contributed by atoms with van der Waals surface area (Å²) in [5.74, 6) is -0.640. The lowest BCUT2D eigenvalue weighted by Crippen LogP contribution is -2.35. The highest BCUT2D eigenvalue weighted by molar-refractivity contribution is 6.06. The minimum Gasteiger partial charge on any atom is -0.496 e. The van der Waals surface area contributed by atoms with Gasteiger partial charge in [0.15, 0.2) is 5.69 Å². The first-order valence-electron chi connectivity index (χ1n) is 10.9. The van der Waals surface area contributed by atoms with Crippen LogP contribution < -0.4 is 4.74 Å². The molecule has 0 atom stereocenters. The molecule has 0 spiro atoms. The minimum atomic E-state index is -0.690. The summed E-state index contributed by atoms with van der Waals surface area (Å²) in [4.78, 5) is 28.0. The summed E-state index contributed by atoms with van der Waals surface area (Å²) < 4.78 is 22.5. The van der Waals surface area contributed by atoms with Crippen LogP contribution in [0.5, 0.6) is 5.75 Å². The number of hydrogen-bond donors (Lipinski definition) is 0. The van der Waals surface area contributed by atoms with Gasteiger partial charge in [0, 0.05) is 30.8 Å². The molecule has 2 heterocycles. The Balaban J connectivity index is 1.88. The topological polar surface area (TPSA) is 92.1 Å². The van der Waals surface area contributed by atoms with Crippen molar-refractivity contribution in [3.05, 3.63) is 65.4 Å². The highest BCUT2D eigenvalue weighted by Gasteiger charge is 2.31. The average molecular weight is 466 g/mol. The van der Waals surface area contributed by atoms with Crippen LogP contribution in [0.4, 0.5) is 0 Å². The molecular weight excluding hydrogens is 438 g/mol. The molecule has 34 heavy (non-hydrogen) atoms. The molecule has 0 N–H and O–H groups in total. The molecule has 0 saturated carbocycles. The number of ether oxygens (including phenoxy) is 4. The predicted octanol–water partition coefficient (Wildman–Crippen LogP) is 2.95. The minimum absolute atomic E-state index is 0.00102. The zero-order chi connectivity index (χ0) is 24.1. The van der Waals surface area contributed by atoms with Crippen LogP contribution >= 0.6 is 0 Å². The number of esters is 2. The van der Waals surface area contributed by atoms with Crippen LogP contribution in [0.3, 0.4) is 0 Å². The number of para-hydroxylation sites is 1. The lowest BCUT2D eigenvalue weighted by molar-refractivity contribution is 0.0339. The Morgan fingerprint density at radius 3 is 2.32 bits per heavy atom. The Morgan fingerprint density at radius 1 is 0.971 bits per heavy atom. The molecule has 9 heteroatoms. The van der Waals surface area contributed by atoms with E-state index in [1.54, 1.807) is 19.2 Å².